The summed E-state index contributed by atoms with van der Waals surface area (Å²) < 4.78 is 0. The third kappa shape index (κ3) is 3.05. The van der Waals surface area contributed by atoms with Crippen LogP contribution < -0.4 is 11.3 Å². The first-order valence-electron chi connectivity index (χ1n) is 2.91. The average molecular weight is 132 g/mol. The van der Waals surface area contributed by atoms with Crippen LogP contribution in [0.4, 0.5) is 0 Å². The second-order valence-electron chi connectivity index (χ2n) is 1.85. The number of hydrazine groups is 1. The highest BCUT2D eigenvalue weighted by Gasteiger charge is 2.12. The van der Waals surface area contributed by atoms with E-state index in [1.54, 1.807) is 0 Å². The Labute approximate surface area is 54.0 Å². The lowest BCUT2D eigenvalue weighted by atomic mass is 10.2. The Balaban J connectivity index is 3.54. The van der Waals surface area contributed by atoms with Crippen LogP contribution in [-0.4, -0.2) is 17.1 Å². The molecule has 4 heteroatoms. The van der Waals surface area contributed by atoms with Gasteiger partial charge in [0.2, 0.25) is 0 Å². The van der Waals surface area contributed by atoms with Gasteiger partial charge in [0.1, 0.15) is 6.04 Å². The van der Waals surface area contributed by atoms with Gasteiger partial charge in [0, 0.05) is 0 Å². The zero-order valence-electron chi connectivity index (χ0n) is 5.42. The Morgan fingerprint density at radius 1 is 1.89 bits per heavy atom. The fraction of sp³-hybridized carbons (Fsp3) is 0.800. The first-order chi connectivity index (χ1) is 4.22. The fourth-order valence-electron chi connectivity index (χ4n) is 0.567. The summed E-state index contributed by atoms with van der Waals surface area (Å²) in [6.07, 6.45) is 1.40. The molecule has 9 heavy (non-hydrogen) atoms. The highest BCUT2D eigenvalue weighted by molar-refractivity contribution is 5.73. The van der Waals surface area contributed by atoms with Crippen LogP contribution in [0.1, 0.15) is 19.8 Å². The maximum Gasteiger partial charge on any atom is 0.322 e. The number of hydrogen-bond donors (Lipinski definition) is 3. The molecule has 0 aromatic carbocycles. The molecule has 0 spiro atoms. The topological polar surface area (TPSA) is 75.3 Å². The zero-order chi connectivity index (χ0) is 7.28. The van der Waals surface area contributed by atoms with Gasteiger partial charge in [0.05, 0.1) is 0 Å². The van der Waals surface area contributed by atoms with E-state index in [9.17, 15) is 4.79 Å². The number of carboxylic acid groups (broad SMARTS) is 1. The number of hydrogen-bond acceptors (Lipinski definition) is 3. The Kier molecular flexibility index (Phi) is 4.00. The lowest BCUT2D eigenvalue weighted by molar-refractivity contribution is -0.139. The van der Waals surface area contributed by atoms with Crippen molar-refractivity contribution in [1.29, 1.82) is 0 Å². The molecule has 0 radical (unpaired) electrons. The van der Waals surface area contributed by atoms with Crippen molar-refractivity contribution in [3.8, 4) is 0 Å². The summed E-state index contributed by atoms with van der Waals surface area (Å²) in [4.78, 5) is 10.2. The van der Waals surface area contributed by atoms with Crippen molar-refractivity contribution in [2.24, 2.45) is 5.84 Å². The molecule has 0 aromatic rings. The van der Waals surface area contributed by atoms with Gasteiger partial charge in [-0.25, -0.2) is 5.43 Å². The smallest absolute Gasteiger partial charge is 0.322 e. The van der Waals surface area contributed by atoms with E-state index in [1.165, 1.54) is 0 Å². The maximum absolute atomic E-state index is 10.2. The van der Waals surface area contributed by atoms with Gasteiger partial charge in [0.25, 0.3) is 0 Å². The van der Waals surface area contributed by atoms with E-state index in [1.807, 2.05) is 6.92 Å². The molecule has 4 nitrogen and oxygen atoms in total. The molecule has 0 saturated carbocycles. The standard InChI is InChI=1S/C5H12N2O2/c1-2-3-4(7-6)5(8)9/h4,7H,2-3,6H2,1H3,(H,8,9)/t4-/m1/s1. The van der Waals surface area contributed by atoms with Crippen LogP contribution in [0.5, 0.6) is 0 Å². The Hall–Kier alpha value is -0.610. The number of carboxylic acids is 1. The minimum atomic E-state index is -0.889. The van der Waals surface area contributed by atoms with Crippen LogP contribution in [0, 0.1) is 0 Å². The van der Waals surface area contributed by atoms with Crippen LogP contribution >= 0.6 is 0 Å². The van der Waals surface area contributed by atoms with Crippen molar-refractivity contribution in [3.05, 3.63) is 0 Å². The molecule has 0 unspecified atom stereocenters. The molecule has 4 N–H and O–H groups in total. The second kappa shape index (κ2) is 4.29. The van der Waals surface area contributed by atoms with Gasteiger partial charge in [-0.1, -0.05) is 13.3 Å². The minimum absolute atomic E-state index is 0.575. The third-order valence-corrected chi connectivity index (χ3v) is 1.08. The van der Waals surface area contributed by atoms with Crippen LogP contribution in [0.15, 0.2) is 0 Å². The summed E-state index contributed by atoms with van der Waals surface area (Å²) in [5.41, 5.74) is 2.20. The van der Waals surface area contributed by atoms with E-state index >= 15 is 0 Å². The van der Waals surface area contributed by atoms with Crippen LogP contribution in [0.3, 0.4) is 0 Å². The summed E-state index contributed by atoms with van der Waals surface area (Å²) in [5.74, 6) is 4.04. The summed E-state index contributed by atoms with van der Waals surface area (Å²) in [6, 6.07) is -0.588. The Morgan fingerprint density at radius 3 is 2.56 bits per heavy atom. The molecular weight excluding hydrogens is 120 g/mol. The van der Waals surface area contributed by atoms with Crippen molar-refractivity contribution in [2.45, 2.75) is 25.8 Å². The molecule has 54 valence electrons. The molecule has 0 bridgehead atoms. The number of nitrogens with two attached hydrogens (primary N) is 1. The predicted molar refractivity (Wildman–Crippen MR) is 33.7 cm³/mol. The highest BCUT2D eigenvalue weighted by atomic mass is 16.4. The molecule has 0 aromatic heterocycles. The lowest BCUT2D eigenvalue weighted by Gasteiger charge is -2.07. The number of nitrogens with one attached hydrogen (secondary N) is 1. The van der Waals surface area contributed by atoms with Crippen LogP contribution in [-0.2, 0) is 4.79 Å². The van der Waals surface area contributed by atoms with E-state index in [2.05, 4.69) is 5.43 Å². The molecule has 0 heterocycles. The van der Waals surface area contributed by atoms with Crippen molar-refractivity contribution in [1.82, 2.24) is 5.43 Å². The van der Waals surface area contributed by atoms with Gasteiger partial charge in [-0.2, -0.15) is 0 Å². The average Bonchev–Trinajstić information content (AvgIpc) is 1.82. The fourth-order valence-corrected chi connectivity index (χ4v) is 0.567. The predicted octanol–water partition coefficient (Wildman–Crippen LogP) is -0.297. The zero-order valence-corrected chi connectivity index (χ0v) is 5.42. The molecule has 0 aliphatic carbocycles. The molecular formula is C5H12N2O2. The van der Waals surface area contributed by atoms with E-state index in [4.69, 9.17) is 10.9 Å². The summed E-state index contributed by atoms with van der Waals surface area (Å²) in [6.45, 7) is 1.91. The molecule has 0 rings (SSSR count). The van der Waals surface area contributed by atoms with E-state index in [-0.39, 0.29) is 0 Å². The van der Waals surface area contributed by atoms with E-state index in [0.29, 0.717) is 6.42 Å². The Morgan fingerprint density at radius 2 is 2.44 bits per heavy atom. The van der Waals surface area contributed by atoms with Crippen molar-refractivity contribution in [3.63, 3.8) is 0 Å². The number of carbonyl (C=O) groups is 1. The van der Waals surface area contributed by atoms with E-state index in [0.717, 1.165) is 6.42 Å². The van der Waals surface area contributed by atoms with Crippen molar-refractivity contribution < 1.29 is 9.90 Å². The van der Waals surface area contributed by atoms with Gasteiger partial charge >= 0.3 is 5.97 Å². The SMILES string of the molecule is CCC[C@@H](NN)C(=O)O. The quantitative estimate of drug-likeness (QED) is 0.362. The molecule has 0 aliphatic rings. The number of rotatable bonds is 4. The first-order valence-corrected chi connectivity index (χ1v) is 2.91. The summed E-state index contributed by atoms with van der Waals surface area (Å²) >= 11 is 0. The van der Waals surface area contributed by atoms with Crippen molar-refractivity contribution >= 4 is 5.97 Å². The highest BCUT2D eigenvalue weighted by Crippen LogP contribution is 1.93. The van der Waals surface area contributed by atoms with E-state index < -0.39 is 12.0 Å². The van der Waals surface area contributed by atoms with Gasteiger partial charge in [-0.05, 0) is 6.42 Å². The summed E-state index contributed by atoms with van der Waals surface area (Å²) in [7, 11) is 0. The Bertz CT molecular complexity index is 95.0. The molecule has 0 aliphatic heterocycles. The minimum Gasteiger partial charge on any atom is -0.480 e. The normalized spacial score (nSPS) is 13.1. The van der Waals surface area contributed by atoms with Crippen LogP contribution in [0.2, 0.25) is 0 Å². The number of aliphatic carboxylic acids is 1. The lowest BCUT2D eigenvalue weighted by Crippen LogP contribution is -2.41. The van der Waals surface area contributed by atoms with Gasteiger partial charge in [0.15, 0.2) is 0 Å². The first kappa shape index (κ1) is 8.39. The van der Waals surface area contributed by atoms with Crippen LogP contribution in [0.25, 0.3) is 0 Å². The second-order valence-corrected chi connectivity index (χ2v) is 1.85. The van der Waals surface area contributed by atoms with Gasteiger partial charge in [-0.3, -0.25) is 10.6 Å². The maximum atomic E-state index is 10.2. The summed E-state index contributed by atoms with van der Waals surface area (Å²) in [5, 5.41) is 8.36. The monoisotopic (exact) mass is 132 g/mol. The van der Waals surface area contributed by atoms with Gasteiger partial charge in [-0.15, -0.1) is 0 Å². The molecule has 0 saturated heterocycles. The third-order valence-electron chi connectivity index (χ3n) is 1.08. The van der Waals surface area contributed by atoms with Crippen molar-refractivity contribution in [2.75, 3.05) is 0 Å². The van der Waals surface area contributed by atoms with Gasteiger partial charge < -0.3 is 5.11 Å². The largest absolute Gasteiger partial charge is 0.480 e. The molecule has 1 atom stereocenters. The molecule has 0 fully saturated rings. The molecule has 0 amide bonds.